The largest absolute Gasteiger partial charge is 0.481 e. The quantitative estimate of drug-likeness (QED) is 0.0481. The molecule has 1 unspecified atom stereocenters. The van der Waals surface area contributed by atoms with Crippen molar-refractivity contribution in [3.63, 3.8) is 0 Å². The van der Waals surface area contributed by atoms with E-state index in [0.717, 1.165) is 11.1 Å². The monoisotopic (exact) mass is 772 g/mol. The number of unbranched alkanes of at least 4 members (excludes halogenated alkanes) is 1. The zero-order valence-electron chi connectivity index (χ0n) is 28.9. The van der Waals surface area contributed by atoms with Crippen LogP contribution in [0.15, 0.2) is 48.5 Å². The minimum absolute atomic E-state index is 0.106. The molecule has 8 N–H and O–H groups in total. The van der Waals surface area contributed by atoms with Crippen LogP contribution in [0.5, 0.6) is 0 Å². The summed E-state index contributed by atoms with van der Waals surface area (Å²) in [5.41, 5.74) is 3.07. The number of hydrogen-bond donors (Lipinski definition) is 8. The molecule has 1 aliphatic rings. The molecule has 1 aliphatic heterocycles. The van der Waals surface area contributed by atoms with Gasteiger partial charge in [0.15, 0.2) is 0 Å². The van der Waals surface area contributed by atoms with Gasteiger partial charge in [-0.15, -0.1) is 0 Å². The Kier molecular flexibility index (Phi) is 16.3. The SMILES string of the molecule is O=C(O)CC[C@H](NP(=O)(O)OCC[C@H](NC(=O)CC[C@@H](NC(=O)CCCCC(=O)N1Cc2ccccc2C#Cc2ccccc21)C(=O)O)C(=O)O)C(=O)O. The van der Waals surface area contributed by atoms with Crippen LogP contribution in [0.2, 0.25) is 0 Å². The fraction of sp³-hybridized carbons (Fsp3) is 0.400. The molecule has 3 rings (SSSR count). The molecule has 0 fully saturated rings. The van der Waals surface area contributed by atoms with E-state index in [0.29, 0.717) is 24.2 Å². The van der Waals surface area contributed by atoms with Crippen molar-refractivity contribution in [2.24, 2.45) is 0 Å². The molecule has 2 aromatic rings. The summed E-state index contributed by atoms with van der Waals surface area (Å²) >= 11 is 0. The van der Waals surface area contributed by atoms with Crippen LogP contribution in [0.3, 0.4) is 0 Å². The Labute approximate surface area is 309 Å². The molecule has 4 atom stereocenters. The highest BCUT2D eigenvalue weighted by Crippen LogP contribution is 2.38. The molecule has 18 nitrogen and oxygen atoms in total. The van der Waals surface area contributed by atoms with Crippen molar-refractivity contribution < 1.29 is 68.0 Å². The fourth-order valence-electron chi connectivity index (χ4n) is 5.27. The first kappa shape index (κ1) is 42.8. The van der Waals surface area contributed by atoms with Gasteiger partial charge in [-0.2, -0.15) is 0 Å². The third-order valence-electron chi connectivity index (χ3n) is 8.08. The number of anilines is 1. The molecule has 0 aromatic heterocycles. The number of aliphatic carboxylic acids is 4. The lowest BCUT2D eigenvalue weighted by molar-refractivity contribution is -0.143. The number of fused-ring (bicyclic) bond motifs is 2. The molecule has 0 bridgehead atoms. The third-order valence-corrected chi connectivity index (χ3v) is 9.25. The zero-order valence-corrected chi connectivity index (χ0v) is 29.8. The van der Waals surface area contributed by atoms with Crippen LogP contribution in [0, 0.1) is 11.8 Å². The summed E-state index contributed by atoms with van der Waals surface area (Å²) in [6, 6.07) is 9.91. The molecule has 0 aliphatic carbocycles. The number of benzene rings is 2. The van der Waals surface area contributed by atoms with Crippen molar-refractivity contribution in [3.8, 4) is 11.8 Å². The Morgan fingerprint density at radius 2 is 1.24 bits per heavy atom. The van der Waals surface area contributed by atoms with Crippen LogP contribution in [0.25, 0.3) is 0 Å². The smallest absolute Gasteiger partial charge is 0.403 e. The first-order valence-corrected chi connectivity index (χ1v) is 18.4. The van der Waals surface area contributed by atoms with E-state index in [1.165, 1.54) is 0 Å². The number of hydrogen-bond acceptors (Lipinski definition) is 9. The van der Waals surface area contributed by atoms with Crippen LogP contribution in [0.4, 0.5) is 5.69 Å². The summed E-state index contributed by atoms with van der Waals surface area (Å²) in [5, 5.41) is 43.1. The van der Waals surface area contributed by atoms with Gasteiger partial charge < -0.3 is 40.9 Å². The fourth-order valence-corrected chi connectivity index (χ4v) is 6.33. The van der Waals surface area contributed by atoms with Crippen LogP contribution >= 0.6 is 7.75 Å². The first-order valence-electron chi connectivity index (χ1n) is 16.8. The molecule has 0 saturated heterocycles. The van der Waals surface area contributed by atoms with Crippen molar-refractivity contribution in [1.82, 2.24) is 15.7 Å². The molecule has 54 heavy (non-hydrogen) atoms. The number of nitrogens with zero attached hydrogens (tertiary/aromatic N) is 1. The molecule has 0 spiro atoms. The summed E-state index contributed by atoms with van der Waals surface area (Å²) in [6.45, 7) is -0.443. The van der Waals surface area contributed by atoms with Gasteiger partial charge in [0.05, 0.1) is 18.8 Å². The first-order chi connectivity index (χ1) is 25.6. The maximum atomic E-state index is 13.4. The standard InChI is InChI=1S/C35H41N4O14P/c40-29(11-5-6-12-31(42)39-21-24-9-2-1-7-22(24)13-14-23-8-3-4-10-28(23)39)36-25(33(45)46)15-17-30(41)37-26(34(47)48)19-20-53-54(51,52)38-27(35(49)50)16-18-32(43)44/h1-4,7-10,25-27H,5-6,11-12,15-21H2,(H,36,40)(H,37,41)(H,43,44)(H,45,46)(H,47,48)(H,49,50)(H2,38,51,52)/t25-,26+,27+/m1/s1. The number of carbonyl (C=O) groups is 7. The van der Waals surface area contributed by atoms with Gasteiger partial charge in [0.25, 0.3) is 0 Å². The van der Waals surface area contributed by atoms with E-state index in [-0.39, 0.29) is 25.2 Å². The molecule has 0 saturated carbocycles. The predicted octanol–water partition coefficient (Wildman–Crippen LogP) is 1.83. The Morgan fingerprint density at radius 3 is 1.89 bits per heavy atom. The lowest BCUT2D eigenvalue weighted by Crippen LogP contribution is -2.44. The van der Waals surface area contributed by atoms with Crippen molar-refractivity contribution in [3.05, 3.63) is 65.2 Å². The van der Waals surface area contributed by atoms with Crippen molar-refractivity contribution in [1.29, 1.82) is 0 Å². The Morgan fingerprint density at radius 1 is 0.704 bits per heavy atom. The van der Waals surface area contributed by atoms with Gasteiger partial charge in [0.1, 0.15) is 18.1 Å². The Bertz CT molecular complexity index is 1840. The van der Waals surface area contributed by atoms with Crippen molar-refractivity contribution in [2.45, 2.75) is 82.5 Å². The molecule has 290 valence electrons. The summed E-state index contributed by atoms with van der Waals surface area (Å²) in [6.07, 6.45) is -2.09. The molecule has 1 heterocycles. The van der Waals surface area contributed by atoms with Crippen LogP contribution < -0.4 is 20.6 Å². The summed E-state index contributed by atoms with van der Waals surface area (Å²) in [5.74, 6) is -1.42. The van der Waals surface area contributed by atoms with Gasteiger partial charge in [0, 0.05) is 43.2 Å². The number of carbonyl (C=O) groups excluding carboxylic acids is 3. The lowest BCUT2D eigenvalue weighted by atomic mass is 10.0. The average Bonchev–Trinajstić information content (AvgIpc) is 3.10. The molecule has 0 radical (unpaired) electrons. The van der Waals surface area contributed by atoms with E-state index >= 15 is 0 Å². The van der Waals surface area contributed by atoms with Gasteiger partial charge in [-0.1, -0.05) is 42.2 Å². The predicted molar refractivity (Wildman–Crippen MR) is 189 cm³/mol. The molecule has 19 heteroatoms. The lowest BCUT2D eigenvalue weighted by Gasteiger charge is -2.26. The van der Waals surface area contributed by atoms with Crippen molar-refractivity contribution in [2.75, 3.05) is 11.5 Å². The summed E-state index contributed by atoms with van der Waals surface area (Å²) in [4.78, 5) is 95.4. The molecule has 2 aromatic carbocycles. The van der Waals surface area contributed by atoms with Crippen molar-refractivity contribution >= 4 is 55.0 Å². The second-order valence-corrected chi connectivity index (χ2v) is 13.7. The third kappa shape index (κ3) is 14.1. The number of amides is 3. The van der Waals surface area contributed by atoms with E-state index in [2.05, 4.69) is 22.5 Å². The topological polar surface area (TPSA) is 286 Å². The summed E-state index contributed by atoms with van der Waals surface area (Å²) < 4.78 is 16.9. The molecule has 3 amide bonds. The summed E-state index contributed by atoms with van der Waals surface area (Å²) in [7, 11) is -4.84. The van der Waals surface area contributed by atoms with Crippen LogP contribution in [-0.2, 0) is 49.2 Å². The number of para-hydroxylation sites is 1. The maximum Gasteiger partial charge on any atom is 0.403 e. The van der Waals surface area contributed by atoms with E-state index in [4.69, 9.17) is 14.7 Å². The zero-order chi connectivity index (χ0) is 39.8. The molecular formula is C35H41N4O14P. The second kappa shape index (κ2) is 20.6. The molecular weight excluding hydrogens is 731 g/mol. The highest BCUT2D eigenvalue weighted by molar-refractivity contribution is 7.50. The van der Waals surface area contributed by atoms with E-state index in [1.54, 1.807) is 9.99 Å². The number of carboxylic acids is 4. The van der Waals surface area contributed by atoms with Gasteiger partial charge in [-0.25, -0.2) is 19.2 Å². The second-order valence-electron chi connectivity index (χ2n) is 12.2. The van der Waals surface area contributed by atoms with Crippen LogP contribution in [0.1, 0.15) is 74.5 Å². The Hall–Kier alpha value is -5.60. The normalized spacial score (nSPS) is 14.5. The highest BCUT2D eigenvalue weighted by atomic mass is 31.2. The van der Waals surface area contributed by atoms with Gasteiger partial charge >= 0.3 is 31.6 Å². The van der Waals surface area contributed by atoms with E-state index in [9.17, 15) is 53.2 Å². The van der Waals surface area contributed by atoms with E-state index in [1.807, 2.05) is 48.5 Å². The minimum atomic E-state index is -4.84. The van der Waals surface area contributed by atoms with Gasteiger partial charge in [0.2, 0.25) is 17.7 Å². The van der Waals surface area contributed by atoms with E-state index < -0.39 is 100 Å². The van der Waals surface area contributed by atoms with Gasteiger partial charge in [-0.05, 0) is 49.4 Å². The minimum Gasteiger partial charge on any atom is -0.481 e. The van der Waals surface area contributed by atoms with Crippen LogP contribution in [-0.4, -0.2) is 91.7 Å². The van der Waals surface area contributed by atoms with Gasteiger partial charge in [-0.3, -0.25) is 28.5 Å². The highest BCUT2D eigenvalue weighted by Gasteiger charge is 2.31. The number of nitrogens with one attached hydrogen (secondary N) is 3. The number of rotatable bonds is 22. The Balaban J connectivity index is 1.44. The number of carboxylic acid groups (broad SMARTS) is 4. The maximum absolute atomic E-state index is 13.4. The average molecular weight is 773 g/mol.